The van der Waals surface area contributed by atoms with Crippen LogP contribution in [0.4, 0.5) is 0 Å². The summed E-state index contributed by atoms with van der Waals surface area (Å²) in [6.07, 6.45) is 0. The van der Waals surface area contributed by atoms with Crippen LogP contribution in [0.3, 0.4) is 0 Å². The Hall–Kier alpha value is 1.02. The van der Waals surface area contributed by atoms with Crippen molar-refractivity contribution >= 4 is 0 Å². The molecule has 0 rings (SSSR count). The normalized spacial score (nSPS) is 2.57. The second kappa shape index (κ2) is 62.2. The van der Waals surface area contributed by atoms with Gasteiger partial charge in [0.15, 0.2) is 0 Å². The molecule has 3 heteroatoms. The van der Waals surface area contributed by atoms with E-state index in [4.69, 9.17) is 5.73 Å². The summed E-state index contributed by atoms with van der Waals surface area (Å²) in [4.78, 5) is 0. The van der Waals surface area contributed by atoms with Crippen LogP contribution >= 0.6 is 0 Å². The van der Waals surface area contributed by atoms with Gasteiger partial charge in [-0.2, -0.15) is 6.54 Å². The molecule has 0 unspecified atom stereocenters. The predicted octanol–water partition coefficient (Wildman–Crippen LogP) is 3.05. The zero-order valence-electron chi connectivity index (χ0n) is 3.36. The van der Waals surface area contributed by atoms with Crippen molar-refractivity contribution in [3.63, 3.8) is 0 Å². The Morgan fingerprint density at radius 3 is 1.29 bits per heavy atom. The van der Waals surface area contributed by atoms with Gasteiger partial charge in [0.2, 0.25) is 0 Å². The SMILES string of the molecule is C.C.CC[NH-].[NH2-].[Y]. The van der Waals surface area contributed by atoms with Crippen LogP contribution in [-0.4, -0.2) is 6.54 Å². The molecule has 47 valence electrons. The molecule has 0 aromatic carbocycles. The van der Waals surface area contributed by atoms with Gasteiger partial charge < -0.3 is 11.9 Å². The van der Waals surface area contributed by atoms with Gasteiger partial charge >= 0.3 is 0 Å². The van der Waals surface area contributed by atoms with Gasteiger partial charge in [-0.25, -0.2) is 0 Å². The molecule has 1 radical (unpaired) electrons. The summed E-state index contributed by atoms with van der Waals surface area (Å²) in [6.45, 7) is 2.29. The zero-order chi connectivity index (χ0) is 2.71. The Morgan fingerprint density at radius 1 is 1.29 bits per heavy atom. The standard InChI is InChI=1S/C2H6N.2CH4.H2N.Y/c1-2-3;;;;/h3H,2H2,1H3;2*1H4;1H2;/q-1;;;-1;. The fourth-order valence-electron chi connectivity index (χ4n) is 0. The summed E-state index contributed by atoms with van der Waals surface area (Å²) in [7, 11) is 0. The van der Waals surface area contributed by atoms with E-state index in [-0.39, 0.29) is 53.7 Å². The van der Waals surface area contributed by atoms with E-state index in [2.05, 4.69) is 0 Å². The van der Waals surface area contributed by atoms with Crippen molar-refractivity contribution in [3.8, 4) is 0 Å². The van der Waals surface area contributed by atoms with E-state index < -0.39 is 0 Å². The predicted molar refractivity (Wildman–Crippen MR) is 33.6 cm³/mol. The van der Waals surface area contributed by atoms with Gasteiger partial charge in [0, 0.05) is 32.7 Å². The summed E-state index contributed by atoms with van der Waals surface area (Å²) in [5.41, 5.74) is 6.21. The van der Waals surface area contributed by atoms with E-state index in [0.717, 1.165) is 0 Å². The molecule has 0 aliphatic rings. The van der Waals surface area contributed by atoms with Crippen LogP contribution in [0, 0.1) is 0 Å². The van der Waals surface area contributed by atoms with E-state index in [9.17, 15) is 0 Å². The molecule has 0 bridgehead atoms. The first kappa shape index (κ1) is 43.3. The van der Waals surface area contributed by atoms with Crippen LogP contribution in [0.5, 0.6) is 0 Å². The third-order valence-electron chi connectivity index (χ3n) is 0. The van der Waals surface area contributed by atoms with Crippen LogP contribution < -0.4 is 0 Å². The zero-order valence-corrected chi connectivity index (χ0v) is 6.20. The van der Waals surface area contributed by atoms with E-state index in [1.54, 1.807) is 6.92 Å². The third-order valence-corrected chi connectivity index (χ3v) is 0. The van der Waals surface area contributed by atoms with Crippen molar-refractivity contribution in [3.05, 3.63) is 11.9 Å². The molecule has 0 spiro atoms. The summed E-state index contributed by atoms with van der Waals surface area (Å²) >= 11 is 0. The molecule has 0 atom stereocenters. The van der Waals surface area contributed by atoms with Crippen molar-refractivity contribution < 1.29 is 32.7 Å². The topological polar surface area (TPSA) is 57.3 Å². The number of nitrogens with two attached hydrogens (primary N) is 1. The largest absolute Gasteiger partial charge is 0.693 e. The van der Waals surface area contributed by atoms with Gasteiger partial charge in [-0.05, 0) is 0 Å². The molecule has 0 saturated heterocycles. The molecule has 2 nitrogen and oxygen atoms in total. The van der Waals surface area contributed by atoms with Gasteiger partial charge in [0.25, 0.3) is 0 Å². The minimum absolute atomic E-state index is 0. The maximum Gasteiger partial charge on any atom is 0 e. The van der Waals surface area contributed by atoms with Gasteiger partial charge in [0.1, 0.15) is 0 Å². The average Bonchev–Trinajstić information content (AvgIpc) is 0.918. The molecule has 0 saturated carbocycles. The summed E-state index contributed by atoms with van der Waals surface area (Å²) in [5, 5.41) is 0. The second-order valence-electron chi connectivity index (χ2n) is 0.354. The average molecular weight is 181 g/mol. The smallest absolute Gasteiger partial charge is 0 e. The number of rotatable bonds is 0. The van der Waals surface area contributed by atoms with E-state index >= 15 is 0 Å². The van der Waals surface area contributed by atoms with Gasteiger partial charge in [-0.15, -0.1) is 0 Å². The van der Waals surface area contributed by atoms with Crippen LogP contribution in [0.2, 0.25) is 0 Å². The maximum absolute atomic E-state index is 6.21. The summed E-state index contributed by atoms with van der Waals surface area (Å²) < 4.78 is 0. The Balaban J connectivity index is -0.00000000333. The number of hydrogen-bond donors (Lipinski definition) is 0. The molecule has 0 fully saturated rings. The molecule has 0 heterocycles. The van der Waals surface area contributed by atoms with Crippen molar-refractivity contribution in [1.29, 1.82) is 0 Å². The molecule has 0 aliphatic carbocycles. The first-order chi connectivity index (χ1) is 1.41. The van der Waals surface area contributed by atoms with Crippen LogP contribution in [0.15, 0.2) is 0 Å². The minimum atomic E-state index is 0. The van der Waals surface area contributed by atoms with Crippen LogP contribution in [-0.2, 0) is 32.7 Å². The monoisotopic (exact) mass is 181 g/mol. The number of hydrogen-bond acceptors (Lipinski definition) is 0. The Bertz CT molecular complexity index is 9.65. The summed E-state index contributed by atoms with van der Waals surface area (Å²) in [5.74, 6) is 0. The van der Waals surface area contributed by atoms with Gasteiger partial charge in [-0.1, -0.05) is 21.8 Å². The molecule has 0 aromatic heterocycles. The van der Waals surface area contributed by atoms with Gasteiger partial charge in [0.05, 0.1) is 0 Å². The molecule has 0 aromatic rings. The minimum Gasteiger partial charge on any atom is -0.693 e. The quantitative estimate of drug-likeness (QED) is 0.551. The van der Waals surface area contributed by atoms with Crippen molar-refractivity contribution in [2.24, 2.45) is 0 Å². The first-order valence-electron chi connectivity index (χ1n) is 1.06. The molecule has 0 amide bonds. The molecule has 7 heavy (non-hydrogen) atoms. The number of nitrogens with one attached hydrogen (secondary N) is 1. The van der Waals surface area contributed by atoms with Crippen LogP contribution in [0.25, 0.3) is 11.9 Å². The molecule has 3 N–H and O–H groups in total. The maximum atomic E-state index is 6.21. The first-order valence-corrected chi connectivity index (χ1v) is 1.06. The van der Waals surface area contributed by atoms with Gasteiger partial charge in [-0.3, -0.25) is 0 Å². The Morgan fingerprint density at radius 2 is 1.29 bits per heavy atom. The summed E-state index contributed by atoms with van der Waals surface area (Å²) in [6, 6.07) is 0. The second-order valence-corrected chi connectivity index (χ2v) is 0.354. The Kier molecular flexibility index (Phi) is 385. The fourth-order valence-corrected chi connectivity index (χ4v) is 0. The van der Waals surface area contributed by atoms with Crippen molar-refractivity contribution in [1.82, 2.24) is 0 Å². The van der Waals surface area contributed by atoms with Crippen molar-refractivity contribution in [2.75, 3.05) is 6.54 Å². The Labute approximate surface area is 72.7 Å². The fraction of sp³-hybridized carbons (Fsp3) is 1.00. The molecular weight excluding hydrogens is 165 g/mol. The van der Waals surface area contributed by atoms with Crippen molar-refractivity contribution in [2.45, 2.75) is 21.8 Å². The van der Waals surface area contributed by atoms with E-state index in [1.165, 1.54) is 0 Å². The van der Waals surface area contributed by atoms with Crippen LogP contribution in [0.1, 0.15) is 21.8 Å². The molecule has 0 aliphatic heterocycles. The molecular formula is C4H16N2Y-2. The van der Waals surface area contributed by atoms with E-state index in [1.807, 2.05) is 0 Å². The van der Waals surface area contributed by atoms with E-state index in [0.29, 0.717) is 6.54 Å². The third kappa shape index (κ3) is 169.